The molecule has 0 spiro atoms. The molecule has 4 heteroatoms. The summed E-state index contributed by atoms with van der Waals surface area (Å²) >= 11 is 0. The highest BCUT2D eigenvalue weighted by Crippen LogP contribution is 2.44. The van der Waals surface area contributed by atoms with E-state index < -0.39 is 0 Å². The molecule has 0 aliphatic rings. The van der Waals surface area contributed by atoms with E-state index in [0.29, 0.717) is 12.4 Å². The largest absolute Gasteiger partial charge is 0.504 e. The van der Waals surface area contributed by atoms with Crippen LogP contribution in [0.4, 0.5) is 0 Å². The maximum absolute atomic E-state index is 11.1. The van der Waals surface area contributed by atoms with Crippen molar-refractivity contribution in [2.75, 3.05) is 6.61 Å². The number of H-pyrrole nitrogens is 2. The Morgan fingerprint density at radius 1 is 0.759 bits per heavy atom. The van der Waals surface area contributed by atoms with Gasteiger partial charge >= 0.3 is 0 Å². The van der Waals surface area contributed by atoms with Crippen LogP contribution in [0.15, 0.2) is 79.1 Å². The molecular weight excluding hydrogens is 360 g/mol. The number of phenolic OH excluding ortho intramolecular Hbond substituents is 1. The fourth-order valence-electron chi connectivity index (χ4n) is 4.21. The summed E-state index contributed by atoms with van der Waals surface area (Å²) in [6.07, 6.45) is 4.09. The predicted octanol–water partition coefficient (Wildman–Crippen LogP) is 5.93. The maximum atomic E-state index is 11.1. The van der Waals surface area contributed by atoms with Crippen molar-refractivity contribution in [3.8, 4) is 11.5 Å². The molecule has 0 atom stereocenters. The lowest BCUT2D eigenvalue weighted by molar-refractivity contribution is 0.316. The summed E-state index contributed by atoms with van der Waals surface area (Å²) < 4.78 is 5.67. The number of aromatic hydroxyl groups is 1. The molecule has 2 aromatic heterocycles. The summed E-state index contributed by atoms with van der Waals surface area (Å²) in [6, 6.07) is 22.2. The maximum Gasteiger partial charge on any atom is 0.161 e. The molecule has 2 heterocycles. The number of hydrogen-bond donors (Lipinski definition) is 3. The fourth-order valence-corrected chi connectivity index (χ4v) is 4.21. The van der Waals surface area contributed by atoms with Crippen molar-refractivity contribution in [2.45, 2.75) is 12.8 Å². The summed E-state index contributed by atoms with van der Waals surface area (Å²) in [5, 5.41) is 13.4. The van der Waals surface area contributed by atoms with Crippen molar-refractivity contribution in [2.24, 2.45) is 0 Å². The lowest BCUT2D eigenvalue weighted by Crippen LogP contribution is -2.04. The molecule has 0 amide bonds. The van der Waals surface area contributed by atoms with Gasteiger partial charge in [-0.1, -0.05) is 48.5 Å². The van der Waals surface area contributed by atoms with Crippen molar-refractivity contribution < 1.29 is 9.84 Å². The van der Waals surface area contributed by atoms with Crippen LogP contribution < -0.4 is 4.74 Å². The fraction of sp³-hybridized carbons (Fsp3) is 0.120. The molecule has 0 saturated heterocycles. The molecule has 0 unspecified atom stereocenters. The minimum Gasteiger partial charge on any atom is -0.504 e. The van der Waals surface area contributed by atoms with Crippen molar-refractivity contribution >= 4 is 21.8 Å². The molecule has 3 aromatic carbocycles. The van der Waals surface area contributed by atoms with Crippen LogP contribution in [0.1, 0.15) is 29.5 Å². The molecule has 0 bridgehead atoms. The van der Waals surface area contributed by atoms with Gasteiger partial charge in [0.05, 0.1) is 6.61 Å². The van der Waals surface area contributed by atoms with Crippen LogP contribution >= 0.6 is 0 Å². The molecule has 29 heavy (non-hydrogen) atoms. The third-order valence-corrected chi connectivity index (χ3v) is 5.51. The van der Waals surface area contributed by atoms with E-state index in [1.807, 2.05) is 61.8 Å². The molecule has 5 rings (SSSR count). The van der Waals surface area contributed by atoms with Gasteiger partial charge in [0.25, 0.3) is 0 Å². The van der Waals surface area contributed by atoms with Crippen molar-refractivity contribution in [3.63, 3.8) is 0 Å². The molecule has 0 fully saturated rings. The van der Waals surface area contributed by atoms with E-state index in [4.69, 9.17) is 4.74 Å². The first-order valence-corrected chi connectivity index (χ1v) is 9.84. The molecule has 0 aliphatic carbocycles. The number of nitrogens with one attached hydrogen (secondary N) is 2. The SMILES string of the molecule is CCOc1cccc(C(c2c[nH]c3ccccc23)c2c[nH]c3ccccc23)c1O. The zero-order chi connectivity index (χ0) is 19.8. The monoisotopic (exact) mass is 382 g/mol. The van der Waals surface area contributed by atoms with Gasteiger partial charge in [-0.2, -0.15) is 0 Å². The van der Waals surface area contributed by atoms with Crippen LogP contribution in [-0.4, -0.2) is 21.7 Å². The molecule has 144 valence electrons. The summed E-state index contributed by atoms with van der Waals surface area (Å²) in [5.74, 6) is 0.548. The van der Waals surface area contributed by atoms with Gasteiger partial charge < -0.3 is 19.8 Å². The topological polar surface area (TPSA) is 61.0 Å². The first kappa shape index (κ1) is 17.4. The van der Waals surface area contributed by atoms with Crippen LogP contribution in [0.5, 0.6) is 11.5 Å². The van der Waals surface area contributed by atoms with E-state index >= 15 is 0 Å². The standard InChI is InChI=1S/C25H22N2O2/c1-2-29-23-13-7-10-18(25(23)28)24(19-14-26-21-11-5-3-8-16(19)21)20-15-27-22-12-6-4-9-17(20)22/h3-15,24,26-28H,2H2,1H3. The zero-order valence-corrected chi connectivity index (χ0v) is 16.1. The first-order chi connectivity index (χ1) is 14.3. The smallest absolute Gasteiger partial charge is 0.161 e. The highest BCUT2D eigenvalue weighted by Gasteiger charge is 2.26. The second-order valence-electron chi connectivity index (χ2n) is 7.14. The van der Waals surface area contributed by atoms with Crippen LogP contribution in [-0.2, 0) is 0 Å². The third kappa shape index (κ3) is 2.85. The Morgan fingerprint density at radius 3 is 1.93 bits per heavy atom. The van der Waals surface area contributed by atoms with Gasteiger partial charge in [0.1, 0.15) is 0 Å². The lowest BCUT2D eigenvalue weighted by atomic mass is 9.84. The summed E-state index contributed by atoms with van der Waals surface area (Å²) in [6.45, 7) is 2.42. The number of ether oxygens (including phenoxy) is 1. The van der Waals surface area contributed by atoms with Crippen molar-refractivity contribution in [1.82, 2.24) is 9.97 Å². The van der Waals surface area contributed by atoms with Crippen LogP contribution in [0, 0.1) is 0 Å². The normalized spacial score (nSPS) is 11.5. The Kier molecular flexibility index (Phi) is 4.24. The van der Waals surface area contributed by atoms with Gasteiger partial charge in [-0.15, -0.1) is 0 Å². The van der Waals surface area contributed by atoms with Gasteiger partial charge in [0.15, 0.2) is 11.5 Å². The summed E-state index contributed by atoms with van der Waals surface area (Å²) in [7, 11) is 0. The number of aromatic nitrogens is 2. The van der Waals surface area contributed by atoms with Gasteiger partial charge in [0.2, 0.25) is 0 Å². The average molecular weight is 382 g/mol. The number of benzene rings is 3. The average Bonchev–Trinajstić information content (AvgIpc) is 3.36. The van der Waals surface area contributed by atoms with E-state index in [1.165, 1.54) is 0 Å². The van der Waals surface area contributed by atoms with Crippen LogP contribution in [0.3, 0.4) is 0 Å². The van der Waals surface area contributed by atoms with E-state index in [0.717, 1.165) is 38.5 Å². The molecule has 5 aromatic rings. The van der Waals surface area contributed by atoms with Gasteiger partial charge in [-0.3, -0.25) is 0 Å². The number of phenols is 1. The number of fused-ring (bicyclic) bond motifs is 2. The van der Waals surface area contributed by atoms with Gasteiger partial charge in [0, 0.05) is 45.7 Å². The lowest BCUT2D eigenvalue weighted by Gasteiger charge is -2.20. The molecule has 4 nitrogen and oxygen atoms in total. The first-order valence-electron chi connectivity index (χ1n) is 9.84. The molecule has 3 N–H and O–H groups in total. The Bertz CT molecular complexity index is 1220. The van der Waals surface area contributed by atoms with Crippen LogP contribution in [0.25, 0.3) is 21.8 Å². The van der Waals surface area contributed by atoms with E-state index in [9.17, 15) is 5.11 Å². The Labute approximate surface area is 168 Å². The molecule has 0 aliphatic heterocycles. The zero-order valence-electron chi connectivity index (χ0n) is 16.1. The molecule has 0 saturated carbocycles. The quantitative estimate of drug-likeness (QED) is 0.353. The summed E-state index contributed by atoms with van der Waals surface area (Å²) in [5.41, 5.74) is 5.22. The van der Waals surface area contributed by atoms with E-state index in [-0.39, 0.29) is 11.7 Å². The molecular formula is C25H22N2O2. The number of para-hydroxylation sites is 3. The Hall–Kier alpha value is -3.66. The highest BCUT2D eigenvalue weighted by molar-refractivity contribution is 5.89. The highest BCUT2D eigenvalue weighted by atomic mass is 16.5. The van der Waals surface area contributed by atoms with Crippen LogP contribution in [0.2, 0.25) is 0 Å². The predicted molar refractivity (Wildman–Crippen MR) is 117 cm³/mol. The van der Waals surface area contributed by atoms with Gasteiger partial charge in [-0.25, -0.2) is 0 Å². The van der Waals surface area contributed by atoms with E-state index in [2.05, 4.69) is 34.2 Å². The second kappa shape index (κ2) is 7.06. The Morgan fingerprint density at radius 2 is 1.34 bits per heavy atom. The van der Waals surface area contributed by atoms with Crippen molar-refractivity contribution in [3.05, 3.63) is 95.8 Å². The summed E-state index contributed by atoms with van der Waals surface area (Å²) in [4.78, 5) is 6.77. The minimum atomic E-state index is -0.150. The number of rotatable bonds is 5. The third-order valence-electron chi connectivity index (χ3n) is 5.51. The second-order valence-corrected chi connectivity index (χ2v) is 7.14. The van der Waals surface area contributed by atoms with Crippen molar-refractivity contribution in [1.29, 1.82) is 0 Å². The van der Waals surface area contributed by atoms with Gasteiger partial charge in [-0.05, 0) is 36.2 Å². The van der Waals surface area contributed by atoms with E-state index in [1.54, 1.807) is 0 Å². The molecule has 0 radical (unpaired) electrons. The minimum absolute atomic E-state index is 0.150. The number of hydrogen-bond acceptors (Lipinski definition) is 2. The Balaban J connectivity index is 1.80. The number of aromatic amines is 2.